The molecule has 1 atom stereocenters. The van der Waals surface area contributed by atoms with Crippen molar-refractivity contribution in [2.45, 2.75) is 13.0 Å². The molecular weight excluding hydrogens is 326 g/mol. The molecule has 1 aromatic rings. The second-order valence-electron chi connectivity index (χ2n) is 3.91. The van der Waals surface area contributed by atoms with Crippen molar-refractivity contribution < 1.29 is 13.3 Å². The van der Waals surface area contributed by atoms with Gasteiger partial charge in [0.05, 0.1) is 15.1 Å². The minimum atomic E-state index is -3.15. The van der Waals surface area contributed by atoms with E-state index in [4.69, 9.17) is 0 Å². The molecule has 0 bridgehead atoms. The molecule has 1 N–H and O–H groups in total. The molecule has 0 amide bonds. The van der Waals surface area contributed by atoms with Crippen LogP contribution in [0, 0.1) is 10.1 Å². The van der Waals surface area contributed by atoms with Crippen molar-refractivity contribution in [2.75, 3.05) is 17.3 Å². The maximum absolute atomic E-state index is 11.1. The third-order valence-electron chi connectivity index (χ3n) is 2.02. The summed E-state index contributed by atoms with van der Waals surface area (Å²) in [5.41, 5.74) is 0.0240. The van der Waals surface area contributed by atoms with E-state index in [1.54, 1.807) is 6.92 Å². The molecule has 0 aliphatic carbocycles. The summed E-state index contributed by atoms with van der Waals surface area (Å²) in [6, 6.07) is -0.447. The van der Waals surface area contributed by atoms with Crippen LogP contribution in [0.15, 0.2) is 16.9 Å². The van der Waals surface area contributed by atoms with Crippen molar-refractivity contribution in [3.63, 3.8) is 0 Å². The molecule has 1 unspecified atom stereocenters. The normalized spacial score (nSPS) is 13.1. The van der Waals surface area contributed by atoms with E-state index in [9.17, 15) is 18.5 Å². The van der Waals surface area contributed by atoms with Crippen molar-refractivity contribution >= 4 is 37.1 Å². The Bertz CT molecular complexity index is 561. The lowest BCUT2D eigenvalue weighted by molar-refractivity contribution is -0.384. The number of nitrogens with one attached hydrogen (secondary N) is 1. The summed E-state index contributed by atoms with van der Waals surface area (Å²) in [5.74, 6) is -0.112. The molecule has 0 aliphatic rings. The summed E-state index contributed by atoms with van der Waals surface area (Å²) >= 11 is 3.14. The molecule has 0 saturated heterocycles. The predicted octanol–water partition coefficient (Wildman–Crippen LogP) is 1.60. The topological polar surface area (TPSA) is 102 Å². The monoisotopic (exact) mass is 337 g/mol. The minimum Gasteiger partial charge on any atom is -0.375 e. The van der Waals surface area contributed by atoms with Gasteiger partial charge in [-0.15, -0.1) is 0 Å². The van der Waals surface area contributed by atoms with Crippen molar-refractivity contribution in [3.8, 4) is 0 Å². The van der Waals surface area contributed by atoms with E-state index in [1.165, 1.54) is 6.20 Å². The zero-order valence-electron chi connectivity index (χ0n) is 9.75. The van der Waals surface area contributed by atoms with E-state index >= 15 is 0 Å². The average Bonchev–Trinajstić information content (AvgIpc) is 2.17. The van der Waals surface area contributed by atoms with E-state index < -0.39 is 20.8 Å². The van der Waals surface area contributed by atoms with Gasteiger partial charge in [-0.1, -0.05) is 0 Å². The first-order chi connectivity index (χ1) is 8.20. The second kappa shape index (κ2) is 5.61. The van der Waals surface area contributed by atoms with Crippen molar-refractivity contribution in [3.05, 3.63) is 27.0 Å². The first-order valence-electron chi connectivity index (χ1n) is 4.93. The molecule has 0 fully saturated rings. The highest BCUT2D eigenvalue weighted by atomic mass is 79.9. The number of hydrogen-bond donors (Lipinski definition) is 1. The number of nitrogens with zero attached hydrogens (tertiary/aromatic N) is 2. The molecule has 7 nitrogen and oxygen atoms in total. The fourth-order valence-corrected chi connectivity index (χ4v) is 2.88. The lowest BCUT2D eigenvalue weighted by Crippen LogP contribution is -2.25. The number of pyridine rings is 1. The summed E-state index contributed by atoms with van der Waals surface area (Å²) in [7, 11) is -3.15. The fraction of sp³-hybridized carbons (Fsp3) is 0.444. The second-order valence-corrected chi connectivity index (χ2v) is 6.95. The number of rotatable bonds is 5. The molecule has 1 heterocycles. The smallest absolute Gasteiger partial charge is 0.311 e. The van der Waals surface area contributed by atoms with Gasteiger partial charge in [-0.25, -0.2) is 8.42 Å². The Morgan fingerprint density at radius 2 is 2.17 bits per heavy atom. The molecule has 18 heavy (non-hydrogen) atoms. The van der Waals surface area contributed by atoms with Gasteiger partial charge in [-0.3, -0.25) is 15.1 Å². The molecule has 0 aromatic carbocycles. The highest BCUT2D eigenvalue weighted by molar-refractivity contribution is 9.10. The number of halogens is 1. The van der Waals surface area contributed by atoms with Gasteiger partial charge in [0, 0.05) is 18.5 Å². The van der Waals surface area contributed by atoms with Crippen LogP contribution in [-0.4, -0.2) is 36.4 Å². The Balaban J connectivity index is 3.00. The number of hydrogen-bond acceptors (Lipinski definition) is 6. The van der Waals surface area contributed by atoms with Crippen molar-refractivity contribution in [2.24, 2.45) is 0 Å². The first-order valence-corrected chi connectivity index (χ1v) is 7.78. The summed E-state index contributed by atoms with van der Waals surface area (Å²) in [4.78, 5) is 14.0. The van der Waals surface area contributed by atoms with Crippen LogP contribution in [0.5, 0.6) is 0 Å². The zero-order chi connectivity index (χ0) is 13.9. The van der Waals surface area contributed by atoms with Gasteiger partial charge in [0.2, 0.25) is 0 Å². The molecule has 0 aliphatic heterocycles. The summed E-state index contributed by atoms with van der Waals surface area (Å²) < 4.78 is 22.7. The maximum Gasteiger partial charge on any atom is 0.311 e. The van der Waals surface area contributed by atoms with Crippen LogP contribution in [0.4, 0.5) is 11.4 Å². The number of anilines is 1. The lowest BCUT2D eigenvalue weighted by atomic mass is 10.3. The van der Waals surface area contributed by atoms with Crippen LogP contribution in [0.25, 0.3) is 0 Å². The standard InChI is InChI=1S/C9H12BrN3O4S/c1-6(5-18(2,16)17)12-9-7(10)3-11-4-8(9)13(14)15/h3-4,6H,5H2,1-2H3,(H,11,12). The molecule has 1 rings (SSSR count). The average molecular weight is 338 g/mol. The van der Waals surface area contributed by atoms with Gasteiger partial charge in [0.25, 0.3) is 0 Å². The molecular formula is C9H12BrN3O4S. The largest absolute Gasteiger partial charge is 0.375 e. The van der Waals surface area contributed by atoms with Gasteiger partial charge in [-0.05, 0) is 22.9 Å². The predicted molar refractivity (Wildman–Crippen MR) is 71.4 cm³/mol. The van der Waals surface area contributed by atoms with E-state index in [2.05, 4.69) is 26.2 Å². The van der Waals surface area contributed by atoms with Gasteiger partial charge in [0.1, 0.15) is 21.7 Å². The van der Waals surface area contributed by atoms with E-state index in [-0.39, 0.29) is 17.1 Å². The Hall–Kier alpha value is -1.22. The Kier molecular flexibility index (Phi) is 4.63. The van der Waals surface area contributed by atoms with Gasteiger partial charge >= 0.3 is 5.69 Å². The Morgan fingerprint density at radius 3 is 2.67 bits per heavy atom. The minimum absolute atomic E-state index is 0.112. The van der Waals surface area contributed by atoms with E-state index in [1.807, 2.05) is 0 Å². The number of sulfone groups is 1. The van der Waals surface area contributed by atoms with Gasteiger partial charge in [-0.2, -0.15) is 0 Å². The summed E-state index contributed by atoms with van der Waals surface area (Å²) in [5, 5.41) is 13.6. The van der Waals surface area contributed by atoms with Crippen LogP contribution >= 0.6 is 15.9 Å². The molecule has 0 radical (unpaired) electrons. The Morgan fingerprint density at radius 1 is 1.56 bits per heavy atom. The maximum atomic E-state index is 11.1. The van der Waals surface area contributed by atoms with Crippen LogP contribution < -0.4 is 5.32 Å². The summed E-state index contributed by atoms with van der Waals surface area (Å²) in [6.45, 7) is 1.64. The summed E-state index contributed by atoms with van der Waals surface area (Å²) in [6.07, 6.45) is 3.63. The van der Waals surface area contributed by atoms with Crippen LogP contribution in [-0.2, 0) is 9.84 Å². The molecule has 100 valence electrons. The lowest BCUT2D eigenvalue weighted by Gasteiger charge is -2.15. The quantitative estimate of drug-likeness (QED) is 0.646. The third kappa shape index (κ3) is 4.22. The van der Waals surface area contributed by atoms with Crippen LogP contribution in [0.1, 0.15) is 6.92 Å². The molecule has 0 saturated carbocycles. The van der Waals surface area contributed by atoms with E-state index in [0.29, 0.717) is 4.47 Å². The number of aromatic nitrogens is 1. The number of nitro groups is 1. The van der Waals surface area contributed by atoms with Crippen LogP contribution in [0.2, 0.25) is 0 Å². The van der Waals surface area contributed by atoms with Crippen molar-refractivity contribution in [1.29, 1.82) is 0 Å². The molecule has 1 aromatic heterocycles. The SMILES string of the molecule is CC(CS(C)(=O)=O)Nc1c(Br)cncc1[N+](=O)[O-]. The highest BCUT2D eigenvalue weighted by Gasteiger charge is 2.20. The van der Waals surface area contributed by atoms with Gasteiger partial charge in [0.15, 0.2) is 0 Å². The van der Waals surface area contributed by atoms with Crippen molar-refractivity contribution in [1.82, 2.24) is 4.98 Å². The highest BCUT2D eigenvalue weighted by Crippen LogP contribution is 2.31. The van der Waals surface area contributed by atoms with Crippen LogP contribution in [0.3, 0.4) is 0 Å². The van der Waals surface area contributed by atoms with E-state index in [0.717, 1.165) is 12.5 Å². The first kappa shape index (κ1) is 14.8. The van der Waals surface area contributed by atoms with Gasteiger partial charge < -0.3 is 5.32 Å². The fourth-order valence-electron chi connectivity index (χ4n) is 1.45. The molecule has 9 heteroatoms. The zero-order valence-corrected chi connectivity index (χ0v) is 12.2. The third-order valence-corrected chi connectivity index (χ3v) is 3.73. The Labute approximate surface area is 113 Å². The molecule has 0 spiro atoms.